The van der Waals surface area contributed by atoms with Crippen LogP contribution in [0.2, 0.25) is 0 Å². The van der Waals surface area contributed by atoms with Gasteiger partial charge >= 0.3 is 0 Å². The minimum atomic E-state index is 0.475. The molecule has 0 aromatic rings. The Bertz CT molecular complexity index is 726. The van der Waals surface area contributed by atoms with Crippen molar-refractivity contribution in [3.05, 3.63) is 11.1 Å². The van der Waals surface area contributed by atoms with Gasteiger partial charge < -0.3 is 0 Å². The highest BCUT2D eigenvalue weighted by Gasteiger charge is 2.66. The summed E-state index contributed by atoms with van der Waals surface area (Å²) >= 11 is 0. The molecule has 0 aromatic heterocycles. The first-order valence-electron chi connectivity index (χ1n) is 13.3. The first-order chi connectivity index (χ1) is 13.5. The Morgan fingerprint density at radius 2 is 1.45 bits per heavy atom. The Morgan fingerprint density at radius 1 is 0.724 bits per heavy atom. The summed E-state index contributed by atoms with van der Waals surface area (Å²) < 4.78 is 0. The molecular formula is C29H48. The smallest absolute Gasteiger partial charge is 0.00566 e. The third kappa shape index (κ3) is 2.39. The summed E-state index contributed by atoms with van der Waals surface area (Å²) in [6.45, 7) is 18.6. The summed E-state index contributed by atoms with van der Waals surface area (Å²) in [6, 6.07) is 0. The minimum Gasteiger partial charge on any atom is -0.0651 e. The molecule has 0 heterocycles. The molecule has 0 spiro atoms. The SMILES string of the molecule is CC[C@H]1CCC2=C3CC[C@H]4[C@@]5(C)CCCC(C)(C)[C@@H]5CC[C@@]4(C)[C@]3(C)CC[C@@]21C. The standard InChI is InChI=1S/C29H48/c1-8-20-10-11-21-22-12-13-24-27(5)16-9-15-25(2,3)23(27)14-17-29(24,7)28(22,6)19-18-26(20,21)4/h20,23-24H,8-19H2,1-7H3/t20-,23-,24-,26+,27-,28+,29+/m0/s1. The molecule has 0 aromatic carbocycles. The Labute approximate surface area is 181 Å². The molecule has 164 valence electrons. The van der Waals surface area contributed by atoms with E-state index in [0.717, 1.165) is 17.8 Å². The molecule has 0 N–H and O–H groups in total. The van der Waals surface area contributed by atoms with Gasteiger partial charge in [0.1, 0.15) is 0 Å². The van der Waals surface area contributed by atoms with Gasteiger partial charge in [0.15, 0.2) is 0 Å². The van der Waals surface area contributed by atoms with Gasteiger partial charge in [0.2, 0.25) is 0 Å². The third-order valence-corrected chi connectivity index (χ3v) is 12.7. The summed E-state index contributed by atoms with van der Waals surface area (Å²) in [7, 11) is 0. The topological polar surface area (TPSA) is 0 Å². The monoisotopic (exact) mass is 396 g/mol. The zero-order valence-electron chi connectivity index (χ0n) is 20.7. The Morgan fingerprint density at radius 3 is 2.17 bits per heavy atom. The molecule has 0 heteroatoms. The molecule has 5 aliphatic carbocycles. The van der Waals surface area contributed by atoms with Crippen molar-refractivity contribution >= 4 is 0 Å². The number of hydrogen-bond acceptors (Lipinski definition) is 0. The molecule has 4 fully saturated rings. The van der Waals surface area contributed by atoms with Crippen molar-refractivity contribution in [3.8, 4) is 0 Å². The highest BCUT2D eigenvalue weighted by Crippen LogP contribution is 2.75. The van der Waals surface area contributed by atoms with E-state index in [2.05, 4.69) is 48.5 Å². The zero-order valence-corrected chi connectivity index (χ0v) is 20.7. The predicted molar refractivity (Wildman–Crippen MR) is 125 cm³/mol. The van der Waals surface area contributed by atoms with Crippen LogP contribution in [-0.4, -0.2) is 0 Å². The summed E-state index contributed by atoms with van der Waals surface area (Å²) in [5, 5.41) is 0. The van der Waals surface area contributed by atoms with E-state index in [9.17, 15) is 0 Å². The average molecular weight is 397 g/mol. The summed E-state index contributed by atoms with van der Waals surface area (Å²) in [4.78, 5) is 0. The molecule has 0 bridgehead atoms. The lowest BCUT2D eigenvalue weighted by atomic mass is 9.34. The maximum atomic E-state index is 2.77. The molecule has 0 aliphatic heterocycles. The molecule has 0 unspecified atom stereocenters. The number of rotatable bonds is 1. The van der Waals surface area contributed by atoms with E-state index in [1.54, 1.807) is 0 Å². The molecule has 0 nitrogen and oxygen atoms in total. The Balaban J connectivity index is 1.59. The maximum absolute atomic E-state index is 2.77. The van der Waals surface area contributed by atoms with E-state index in [1.165, 1.54) is 77.0 Å². The maximum Gasteiger partial charge on any atom is -0.00566 e. The molecule has 5 rings (SSSR count). The van der Waals surface area contributed by atoms with E-state index in [1.807, 2.05) is 11.1 Å². The van der Waals surface area contributed by atoms with Crippen LogP contribution in [0.5, 0.6) is 0 Å². The van der Waals surface area contributed by atoms with Crippen molar-refractivity contribution < 1.29 is 0 Å². The highest BCUT2D eigenvalue weighted by atomic mass is 14.7. The second-order valence-corrected chi connectivity index (χ2v) is 13.8. The lowest BCUT2D eigenvalue weighted by Gasteiger charge is -2.70. The van der Waals surface area contributed by atoms with Crippen LogP contribution in [0, 0.1) is 44.8 Å². The van der Waals surface area contributed by atoms with Gasteiger partial charge in [-0.05, 0) is 109 Å². The lowest BCUT2D eigenvalue weighted by Crippen LogP contribution is -2.62. The summed E-state index contributed by atoms with van der Waals surface area (Å²) in [6.07, 6.45) is 17.5. The van der Waals surface area contributed by atoms with Crippen LogP contribution in [0.15, 0.2) is 11.1 Å². The van der Waals surface area contributed by atoms with Crippen molar-refractivity contribution in [2.24, 2.45) is 44.8 Å². The Kier molecular flexibility index (Phi) is 4.38. The van der Waals surface area contributed by atoms with Crippen molar-refractivity contribution in [1.82, 2.24) is 0 Å². The second kappa shape index (κ2) is 6.16. The lowest BCUT2D eigenvalue weighted by molar-refractivity contribution is -0.179. The largest absolute Gasteiger partial charge is 0.0651 e. The van der Waals surface area contributed by atoms with Crippen LogP contribution in [0.25, 0.3) is 0 Å². The number of hydrogen-bond donors (Lipinski definition) is 0. The van der Waals surface area contributed by atoms with E-state index >= 15 is 0 Å². The van der Waals surface area contributed by atoms with Gasteiger partial charge in [-0.2, -0.15) is 0 Å². The van der Waals surface area contributed by atoms with Crippen molar-refractivity contribution in [2.75, 3.05) is 0 Å². The van der Waals surface area contributed by atoms with Crippen molar-refractivity contribution in [1.29, 1.82) is 0 Å². The van der Waals surface area contributed by atoms with Gasteiger partial charge in [-0.25, -0.2) is 0 Å². The summed E-state index contributed by atoms with van der Waals surface area (Å²) in [5.41, 5.74) is 6.63. The van der Waals surface area contributed by atoms with Crippen LogP contribution in [0.4, 0.5) is 0 Å². The van der Waals surface area contributed by atoms with Crippen molar-refractivity contribution in [2.45, 2.75) is 126 Å². The van der Waals surface area contributed by atoms with Crippen molar-refractivity contribution in [3.63, 3.8) is 0 Å². The zero-order chi connectivity index (χ0) is 20.9. The number of allylic oxidation sites excluding steroid dienone is 2. The van der Waals surface area contributed by atoms with Gasteiger partial charge in [0, 0.05) is 0 Å². The molecule has 5 aliphatic rings. The first-order valence-corrected chi connectivity index (χ1v) is 13.3. The van der Waals surface area contributed by atoms with Crippen LogP contribution in [0.3, 0.4) is 0 Å². The van der Waals surface area contributed by atoms with Gasteiger partial charge in [-0.15, -0.1) is 0 Å². The van der Waals surface area contributed by atoms with Crippen LogP contribution in [-0.2, 0) is 0 Å². The predicted octanol–water partition coefficient (Wildman–Crippen LogP) is 8.95. The van der Waals surface area contributed by atoms with Crippen LogP contribution in [0.1, 0.15) is 126 Å². The average Bonchev–Trinajstić information content (AvgIpc) is 2.98. The normalized spacial score (nSPS) is 53.7. The van der Waals surface area contributed by atoms with Gasteiger partial charge in [0.05, 0.1) is 0 Å². The van der Waals surface area contributed by atoms with E-state index in [-0.39, 0.29) is 0 Å². The second-order valence-electron chi connectivity index (χ2n) is 13.8. The van der Waals surface area contributed by atoms with Gasteiger partial charge in [0.25, 0.3) is 0 Å². The quantitative estimate of drug-likeness (QED) is 0.388. The molecule has 7 atom stereocenters. The third-order valence-electron chi connectivity index (χ3n) is 12.7. The van der Waals surface area contributed by atoms with Gasteiger partial charge in [-0.3, -0.25) is 0 Å². The molecule has 4 saturated carbocycles. The van der Waals surface area contributed by atoms with Crippen LogP contribution >= 0.6 is 0 Å². The van der Waals surface area contributed by atoms with Gasteiger partial charge in [-0.1, -0.05) is 72.5 Å². The minimum absolute atomic E-state index is 0.475. The highest BCUT2D eigenvalue weighted by molar-refractivity contribution is 5.38. The fourth-order valence-corrected chi connectivity index (χ4v) is 11.0. The fraction of sp³-hybridized carbons (Fsp3) is 0.931. The number of fused-ring (bicyclic) bond motifs is 6. The first kappa shape index (κ1) is 20.6. The van der Waals surface area contributed by atoms with Crippen LogP contribution < -0.4 is 0 Å². The summed E-state index contributed by atoms with van der Waals surface area (Å²) in [5.74, 6) is 2.84. The fourth-order valence-electron chi connectivity index (χ4n) is 11.0. The van der Waals surface area contributed by atoms with E-state index in [0.29, 0.717) is 27.1 Å². The van der Waals surface area contributed by atoms with E-state index in [4.69, 9.17) is 0 Å². The molecule has 0 amide bonds. The molecular weight excluding hydrogens is 348 g/mol. The molecule has 0 saturated heterocycles. The molecule has 29 heavy (non-hydrogen) atoms. The Hall–Kier alpha value is -0.260. The van der Waals surface area contributed by atoms with E-state index < -0.39 is 0 Å². The molecule has 0 radical (unpaired) electrons.